The van der Waals surface area contributed by atoms with Crippen molar-refractivity contribution < 1.29 is 14.3 Å². The van der Waals surface area contributed by atoms with Gasteiger partial charge in [0.2, 0.25) is 10.9 Å². The van der Waals surface area contributed by atoms with Crippen LogP contribution in [0.2, 0.25) is 5.28 Å². The average Bonchev–Trinajstić information content (AvgIpc) is 3.23. The Bertz CT molecular complexity index is 1050. The van der Waals surface area contributed by atoms with Crippen LogP contribution in [0.5, 0.6) is 0 Å². The number of nitrogens with two attached hydrogens (primary N) is 1. The van der Waals surface area contributed by atoms with Gasteiger partial charge in [0.05, 0.1) is 16.1 Å². The molecular formula is C17H10ClN3O3S. The smallest absolute Gasteiger partial charge is 0.340 e. The van der Waals surface area contributed by atoms with Crippen LogP contribution in [0, 0.1) is 0 Å². The van der Waals surface area contributed by atoms with Gasteiger partial charge in [0.15, 0.2) is 0 Å². The molecule has 0 saturated carbocycles. The van der Waals surface area contributed by atoms with Crippen molar-refractivity contribution in [3.8, 4) is 10.6 Å². The summed E-state index contributed by atoms with van der Waals surface area (Å²) < 4.78 is 6.16. The van der Waals surface area contributed by atoms with E-state index in [0.29, 0.717) is 16.6 Å². The lowest BCUT2D eigenvalue weighted by molar-refractivity contribution is -0.127. The molecule has 0 aliphatic heterocycles. The molecule has 0 fully saturated rings. The highest BCUT2D eigenvalue weighted by molar-refractivity contribution is 7.22. The summed E-state index contributed by atoms with van der Waals surface area (Å²) in [6, 6.07) is 8.87. The lowest BCUT2D eigenvalue weighted by Crippen LogP contribution is -2.36. The summed E-state index contributed by atoms with van der Waals surface area (Å²) in [7, 11) is 0. The predicted octanol–water partition coefficient (Wildman–Crippen LogP) is 2.96. The molecule has 1 aromatic carbocycles. The zero-order valence-electron chi connectivity index (χ0n) is 12.6. The molecule has 2 N–H and O–H groups in total. The Hall–Kier alpha value is -2.77. The molecule has 0 spiro atoms. The van der Waals surface area contributed by atoms with Crippen molar-refractivity contribution in [1.82, 2.24) is 9.97 Å². The number of primary amides is 1. The standard InChI is InChI=1S/C17H10ClN3O3S/c18-16-20-7-4-11(21-16)13-8-10-9(2-1-3-12(10)25-13)14(22)24-17(5-6-17)15(19)23/h1-8H,(H2,19,23). The number of thiophene rings is 1. The third kappa shape index (κ3) is 2.77. The average molecular weight is 372 g/mol. The van der Waals surface area contributed by atoms with E-state index in [9.17, 15) is 9.59 Å². The highest BCUT2D eigenvalue weighted by Crippen LogP contribution is 2.36. The summed E-state index contributed by atoms with van der Waals surface area (Å²) >= 11 is 7.31. The number of benzene rings is 1. The fourth-order valence-corrected chi connectivity index (χ4v) is 3.61. The number of carbonyl (C=O) groups excluding carboxylic acids is 2. The van der Waals surface area contributed by atoms with E-state index < -0.39 is 17.5 Å². The highest BCUT2D eigenvalue weighted by atomic mass is 35.5. The first-order valence-electron chi connectivity index (χ1n) is 7.24. The van der Waals surface area contributed by atoms with Crippen molar-refractivity contribution in [2.45, 2.75) is 5.60 Å². The van der Waals surface area contributed by atoms with Crippen molar-refractivity contribution in [1.29, 1.82) is 0 Å². The number of rotatable bonds is 4. The van der Waals surface area contributed by atoms with Crippen molar-refractivity contribution in [3.05, 3.63) is 59.5 Å². The van der Waals surface area contributed by atoms with E-state index >= 15 is 0 Å². The first-order chi connectivity index (χ1) is 12.0. The predicted molar refractivity (Wildman–Crippen MR) is 94.3 cm³/mol. The molecule has 25 heavy (non-hydrogen) atoms. The Morgan fingerprint density at radius 2 is 2.04 bits per heavy atom. The fraction of sp³-hybridized carbons (Fsp3) is 0.0588. The van der Waals surface area contributed by atoms with Gasteiger partial charge in [0.25, 0.3) is 5.91 Å². The number of nitrogens with zero attached hydrogens (tertiary/aromatic N) is 2. The molecule has 1 aliphatic carbocycles. The Morgan fingerprint density at radius 3 is 2.72 bits per heavy atom. The van der Waals surface area contributed by atoms with Crippen LogP contribution in [0.15, 0.2) is 48.7 Å². The number of aromatic nitrogens is 2. The van der Waals surface area contributed by atoms with Crippen LogP contribution in [0.25, 0.3) is 20.7 Å². The lowest BCUT2D eigenvalue weighted by atomic mass is 10.1. The molecule has 2 aromatic heterocycles. The van der Waals surface area contributed by atoms with E-state index in [-0.39, 0.29) is 5.28 Å². The minimum atomic E-state index is -1.39. The molecule has 1 aliphatic rings. The molecule has 2 heterocycles. The van der Waals surface area contributed by atoms with E-state index in [0.717, 1.165) is 9.58 Å². The summed E-state index contributed by atoms with van der Waals surface area (Å²) in [5, 5.41) is 0.861. The highest BCUT2D eigenvalue weighted by Gasteiger charge is 2.45. The van der Waals surface area contributed by atoms with Crippen LogP contribution in [0.1, 0.15) is 10.4 Å². The Kier molecular flexibility index (Phi) is 3.55. The zero-order valence-corrected chi connectivity index (χ0v) is 14.2. The van der Waals surface area contributed by atoms with Crippen molar-refractivity contribution in [3.63, 3.8) is 0 Å². The maximum absolute atomic E-state index is 12.5. The summed E-state index contributed by atoms with van der Waals surface area (Å²) in [4.78, 5) is 32.8. The first kappa shape index (κ1) is 15.7. The zero-order chi connectivity index (χ0) is 17.6. The van der Waals surface area contributed by atoms with E-state index in [1.807, 2.05) is 12.1 Å². The van der Waals surface area contributed by atoms with E-state index in [1.54, 1.807) is 24.4 Å². The molecule has 0 atom stereocenters. The lowest BCUT2D eigenvalue weighted by Gasteiger charge is -2.13. The summed E-state index contributed by atoms with van der Waals surface area (Å²) in [6.07, 6.45) is 4.48. The summed E-state index contributed by atoms with van der Waals surface area (Å²) in [5.74, 6) is -1.32. The van der Waals surface area contributed by atoms with Gasteiger partial charge < -0.3 is 10.5 Å². The number of carbonyl (C=O) groups is 2. The van der Waals surface area contributed by atoms with Gasteiger partial charge in [-0.15, -0.1) is 11.3 Å². The Balaban J connectivity index is 1.73. The number of ether oxygens (including phenoxy) is 1. The van der Waals surface area contributed by atoms with E-state index in [2.05, 4.69) is 9.97 Å². The second-order valence-corrected chi connectivity index (χ2v) is 6.84. The van der Waals surface area contributed by atoms with Crippen LogP contribution >= 0.6 is 22.9 Å². The van der Waals surface area contributed by atoms with Crippen LogP contribution in [-0.4, -0.2) is 27.4 Å². The molecule has 0 radical (unpaired) electrons. The molecule has 4 rings (SSSR count). The van der Waals surface area contributed by atoms with Gasteiger partial charge in [0.1, 0.15) is 0 Å². The molecule has 0 unspecified atom stereocenters. The van der Waals surface area contributed by atoms with Crippen LogP contribution in [0.3, 0.4) is 0 Å². The molecule has 0 bridgehead atoms. The molecule has 6 nitrogen and oxygen atoms in total. The molecular weight excluding hydrogens is 362 g/mol. The first-order valence-corrected chi connectivity index (χ1v) is 8.43. The van der Waals surface area contributed by atoms with Crippen LogP contribution < -0.4 is 5.73 Å². The number of halogens is 1. The van der Waals surface area contributed by atoms with E-state index in [1.165, 1.54) is 23.5 Å². The fourth-order valence-electron chi connectivity index (χ4n) is 2.40. The number of hydrogen-bond donors (Lipinski definition) is 1. The van der Waals surface area contributed by atoms with Crippen LogP contribution in [0.4, 0.5) is 0 Å². The van der Waals surface area contributed by atoms with Gasteiger partial charge in [-0.3, -0.25) is 4.79 Å². The third-order valence-electron chi connectivity index (χ3n) is 3.78. The number of amides is 1. The molecule has 3 aromatic rings. The number of esters is 1. The monoisotopic (exact) mass is 371 g/mol. The van der Waals surface area contributed by atoms with E-state index in [4.69, 9.17) is 22.1 Å². The minimum absolute atomic E-state index is 0.151. The summed E-state index contributed by atoms with van der Waals surface area (Å²) in [6.45, 7) is 0. The number of hydrogen-bond acceptors (Lipinski definition) is 6. The number of fused-ring (bicyclic) bond motifs is 1. The summed E-state index contributed by atoms with van der Waals surface area (Å²) in [5.41, 5.74) is 4.89. The SMILES string of the molecule is NC(=O)C1(OC(=O)c2cccc3sc(-c4ccnc(Cl)n4)cc23)C=C1. The molecule has 124 valence electrons. The quantitative estimate of drug-likeness (QED) is 0.432. The largest absolute Gasteiger partial charge is 0.437 e. The van der Waals surface area contributed by atoms with Crippen LogP contribution in [-0.2, 0) is 9.53 Å². The van der Waals surface area contributed by atoms with Gasteiger partial charge in [-0.2, -0.15) is 0 Å². The second kappa shape index (κ2) is 5.65. The molecule has 0 saturated heterocycles. The minimum Gasteiger partial charge on any atom is -0.437 e. The van der Waals surface area contributed by atoms with Crippen molar-refractivity contribution in [2.24, 2.45) is 5.73 Å². The van der Waals surface area contributed by atoms with Gasteiger partial charge >= 0.3 is 5.97 Å². The van der Waals surface area contributed by atoms with Gasteiger partial charge in [0, 0.05) is 16.3 Å². The van der Waals surface area contributed by atoms with Crippen molar-refractivity contribution >= 4 is 44.9 Å². The Labute approximate surface area is 150 Å². The normalized spacial score (nSPS) is 14.4. The Morgan fingerprint density at radius 1 is 1.24 bits per heavy atom. The maximum atomic E-state index is 12.5. The van der Waals surface area contributed by atoms with Gasteiger partial charge in [-0.25, -0.2) is 14.8 Å². The van der Waals surface area contributed by atoms with Gasteiger partial charge in [-0.1, -0.05) is 6.07 Å². The van der Waals surface area contributed by atoms with Gasteiger partial charge in [-0.05, 0) is 48.0 Å². The molecule has 8 heteroatoms. The van der Waals surface area contributed by atoms with Crippen molar-refractivity contribution in [2.75, 3.05) is 0 Å². The maximum Gasteiger partial charge on any atom is 0.340 e. The second-order valence-electron chi connectivity index (χ2n) is 5.42. The third-order valence-corrected chi connectivity index (χ3v) is 5.08. The topological polar surface area (TPSA) is 95.2 Å². The molecule has 1 amide bonds.